The average Bonchev–Trinajstić information content (AvgIpc) is 2.97. The van der Waals surface area contributed by atoms with Crippen LogP contribution in [0.2, 0.25) is 0 Å². The van der Waals surface area contributed by atoms with Crippen molar-refractivity contribution in [1.29, 1.82) is 0 Å². The Morgan fingerprint density at radius 2 is 1.80 bits per heavy atom. The first-order valence-electron chi connectivity index (χ1n) is 7.30. The van der Waals surface area contributed by atoms with Crippen LogP contribution in [0.4, 0.5) is 10.8 Å². The van der Waals surface area contributed by atoms with E-state index in [0.717, 1.165) is 32.6 Å². The van der Waals surface area contributed by atoms with Gasteiger partial charge in [0.15, 0.2) is 0 Å². The number of rotatable bonds is 4. The third-order valence-corrected chi connectivity index (χ3v) is 3.61. The van der Waals surface area contributed by atoms with Gasteiger partial charge in [-0.1, -0.05) is 12.0 Å². The molecule has 2 heterocycles. The van der Waals surface area contributed by atoms with Crippen molar-refractivity contribution in [2.24, 2.45) is 0 Å². The van der Waals surface area contributed by atoms with Gasteiger partial charge >= 0.3 is 12.0 Å². The Labute approximate surface area is 119 Å². The Kier molecular flexibility index (Phi) is 4.81. The zero-order valence-electron chi connectivity index (χ0n) is 12.5. The number of hydrogen-bond donors (Lipinski definition) is 0. The van der Waals surface area contributed by atoms with Gasteiger partial charge in [-0.05, 0) is 13.8 Å². The first-order chi connectivity index (χ1) is 9.69. The fourth-order valence-corrected chi connectivity index (χ4v) is 2.30. The summed E-state index contributed by atoms with van der Waals surface area (Å²) < 4.78 is 5.55. The molecular weight excluding hydrogens is 258 g/mol. The number of carbonyl (C=O) groups is 1. The molecule has 1 saturated heterocycles. The number of aromatic nitrogens is 2. The van der Waals surface area contributed by atoms with Gasteiger partial charge in [-0.25, -0.2) is 4.79 Å². The minimum absolute atomic E-state index is 0.120. The third kappa shape index (κ3) is 3.02. The molecule has 2 amide bonds. The van der Waals surface area contributed by atoms with Crippen LogP contribution in [0.15, 0.2) is 4.42 Å². The Bertz CT molecular complexity index is 436. The maximum atomic E-state index is 12.2. The van der Waals surface area contributed by atoms with E-state index in [2.05, 4.69) is 10.2 Å². The van der Waals surface area contributed by atoms with Crippen LogP contribution in [-0.4, -0.2) is 65.3 Å². The van der Waals surface area contributed by atoms with Crippen LogP contribution in [0.3, 0.4) is 0 Å². The molecule has 1 aromatic rings. The van der Waals surface area contributed by atoms with E-state index in [0.29, 0.717) is 25.0 Å². The molecule has 1 aromatic heterocycles. The number of piperazine rings is 1. The molecule has 7 heteroatoms. The van der Waals surface area contributed by atoms with E-state index in [-0.39, 0.29) is 6.03 Å². The van der Waals surface area contributed by atoms with Crippen LogP contribution in [0.25, 0.3) is 0 Å². The lowest BCUT2D eigenvalue weighted by atomic mass is 10.3. The highest BCUT2D eigenvalue weighted by molar-refractivity contribution is 5.74. The maximum Gasteiger partial charge on any atom is 0.320 e. The SMILES string of the molecule is CCc1nnc(N2CCN(C(=O)N(CC)CC)CC2)o1. The maximum absolute atomic E-state index is 12.2. The van der Waals surface area contributed by atoms with E-state index in [1.54, 1.807) is 0 Å². The summed E-state index contributed by atoms with van der Waals surface area (Å²) in [6.45, 7) is 10.3. The monoisotopic (exact) mass is 281 g/mol. The zero-order valence-corrected chi connectivity index (χ0v) is 12.5. The highest BCUT2D eigenvalue weighted by Gasteiger charge is 2.26. The van der Waals surface area contributed by atoms with Crippen LogP contribution in [-0.2, 0) is 6.42 Å². The van der Waals surface area contributed by atoms with Crippen molar-refractivity contribution in [3.8, 4) is 0 Å². The molecule has 0 radical (unpaired) electrons. The number of hydrogen-bond acceptors (Lipinski definition) is 5. The Hall–Kier alpha value is -1.79. The second-order valence-corrected chi connectivity index (χ2v) is 4.76. The third-order valence-electron chi connectivity index (χ3n) is 3.61. The normalized spacial score (nSPS) is 15.6. The summed E-state index contributed by atoms with van der Waals surface area (Å²) in [5.74, 6) is 0.654. The molecule has 1 aliphatic rings. The van der Waals surface area contributed by atoms with E-state index in [1.165, 1.54) is 0 Å². The van der Waals surface area contributed by atoms with Crippen LogP contribution in [0, 0.1) is 0 Å². The number of anilines is 1. The molecule has 2 rings (SSSR count). The Morgan fingerprint density at radius 3 is 2.30 bits per heavy atom. The largest absolute Gasteiger partial charge is 0.408 e. The van der Waals surface area contributed by atoms with Crippen LogP contribution >= 0.6 is 0 Å². The quantitative estimate of drug-likeness (QED) is 0.830. The van der Waals surface area contributed by atoms with Crippen molar-refractivity contribution in [3.63, 3.8) is 0 Å². The minimum Gasteiger partial charge on any atom is -0.408 e. The van der Waals surface area contributed by atoms with Gasteiger partial charge in [-0.15, -0.1) is 5.10 Å². The smallest absolute Gasteiger partial charge is 0.320 e. The van der Waals surface area contributed by atoms with Crippen molar-refractivity contribution < 1.29 is 9.21 Å². The van der Waals surface area contributed by atoms with E-state index < -0.39 is 0 Å². The van der Waals surface area contributed by atoms with Crippen molar-refractivity contribution in [3.05, 3.63) is 5.89 Å². The highest BCUT2D eigenvalue weighted by atomic mass is 16.4. The van der Waals surface area contributed by atoms with Gasteiger partial charge in [-0.2, -0.15) is 0 Å². The molecule has 0 bridgehead atoms. The van der Waals surface area contributed by atoms with Crippen molar-refractivity contribution >= 4 is 12.0 Å². The van der Waals surface area contributed by atoms with Gasteiger partial charge < -0.3 is 19.1 Å². The number of nitrogens with zero attached hydrogens (tertiary/aromatic N) is 5. The molecule has 0 aliphatic carbocycles. The van der Waals surface area contributed by atoms with Gasteiger partial charge in [0.2, 0.25) is 5.89 Å². The summed E-state index contributed by atoms with van der Waals surface area (Å²) >= 11 is 0. The lowest BCUT2D eigenvalue weighted by Crippen LogP contribution is -2.53. The molecule has 1 fully saturated rings. The summed E-state index contributed by atoms with van der Waals surface area (Å²) in [4.78, 5) is 18.0. The van der Waals surface area contributed by atoms with Crippen LogP contribution in [0.5, 0.6) is 0 Å². The summed E-state index contributed by atoms with van der Waals surface area (Å²) in [6, 6.07) is 0.686. The topological polar surface area (TPSA) is 65.7 Å². The van der Waals surface area contributed by atoms with Gasteiger partial charge in [0.25, 0.3) is 0 Å². The van der Waals surface area contributed by atoms with E-state index >= 15 is 0 Å². The fourth-order valence-electron chi connectivity index (χ4n) is 2.30. The minimum atomic E-state index is 0.120. The second kappa shape index (κ2) is 6.58. The number of carbonyl (C=O) groups excluding carboxylic acids is 1. The molecule has 0 saturated carbocycles. The fraction of sp³-hybridized carbons (Fsp3) is 0.769. The summed E-state index contributed by atoms with van der Waals surface area (Å²) in [6.07, 6.45) is 0.743. The number of urea groups is 1. The molecule has 0 atom stereocenters. The number of aryl methyl sites for hydroxylation is 1. The molecule has 112 valence electrons. The lowest BCUT2D eigenvalue weighted by Gasteiger charge is -2.36. The zero-order chi connectivity index (χ0) is 14.5. The van der Waals surface area contributed by atoms with Gasteiger partial charge in [-0.3, -0.25) is 0 Å². The van der Waals surface area contributed by atoms with Crippen LogP contribution in [0.1, 0.15) is 26.7 Å². The Morgan fingerprint density at radius 1 is 1.15 bits per heavy atom. The molecule has 7 nitrogen and oxygen atoms in total. The summed E-state index contributed by atoms with van der Waals surface area (Å²) in [5, 5.41) is 8.02. The molecule has 0 unspecified atom stereocenters. The van der Waals surface area contributed by atoms with Gasteiger partial charge in [0.05, 0.1) is 0 Å². The first-order valence-corrected chi connectivity index (χ1v) is 7.30. The summed E-state index contributed by atoms with van der Waals surface area (Å²) in [5.41, 5.74) is 0. The van der Waals surface area contributed by atoms with Crippen molar-refractivity contribution in [2.75, 3.05) is 44.2 Å². The van der Waals surface area contributed by atoms with E-state index in [4.69, 9.17) is 4.42 Å². The molecular formula is C13H23N5O2. The highest BCUT2D eigenvalue weighted by Crippen LogP contribution is 2.15. The standard InChI is InChI=1S/C13H23N5O2/c1-4-11-14-15-12(20-11)17-7-9-18(10-8-17)13(19)16(5-2)6-3/h4-10H2,1-3H3. The summed E-state index contributed by atoms with van der Waals surface area (Å²) in [7, 11) is 0. The molecule has 20 heavy (non-hydrogen) atoms. The van der Waals surface area contributed by atoms with Gasteiger partial charge in [0.1, 0.15) is 0 Å². The predicted octanol–water partition coefficient (Wildman–Crippen LogP) is 1.22. The first kappa shape index (κ1) is 14.6. The number of amides is 2. The molecule has 0 spiro atoms. The molecule has 1 aliphatic heterocycles. The van der Waals surface area contributed by atoms with Crippen molar-refractivity contribution in [1.82, 2.24) is 20.0 Å². The van der Waals surface area contributed by atoms with Gasteiger partial charge in [0, 0.05) is 45.7 Å². The van der Waals surface area contributed by atoms with Crippen LogP contribution < -0.4 is 4.90 Å². The predicted molar refractivity (Wildman–Crippen MR) is 75.8 cm³/mol. The average molecular weight is 281 g/mol. The lowest BCUT2D eigenvalue weighted by molar-refractivity contribution is 0.153. The van der Waals surface area contributed by atoms with Crippen molar-refractivity contribution in [2.45, 2.75) is 27.2 Å². The van der Waals surface area contributed by atoms with E-state index in [9.17, 15) is 4.79 Å². The van der Waals surface area contributed by atoms with E-state index in [1.807, 2.05) is 35.5 Å². The molecule has 0 aromatic carbocycles. The molecule has 0 N–H and O–H groups in total. The second-order valence-electron chi connectivity index (χ2n) is 4.76. The Balaban J connectivity index is 1.90.